The summed E-state index contributed by atoms with van der Waals surface area (Å²) < 4.78 is 0. The zero-order valence-electron chi connectivity index (χ0n) is 8.18. The van der Waals surface area contributed by atoms with Crippen molar-refractivity contribution in [2.45, 2.75) is 39.7 Å². The molecule has 0 unspecified atom stereocenters. The third kappa shape index (κ3) is 3.69. The van der Waals surface area contributed by atoms with Crippen LogP contribution in [0.25, 0.3) is 0 Å². The molecule has 0 atom stereocenters. The van der Waals surface area contributed by atoms with Gasteiger partial charge in [-0.25, -0.2) is 4.79 Å². The van der Waals surface area contributed by atoms with Gasteiger partial charge in [0.25, 0.3) is 0 Å². The van der Waals surface area contributed by atoms with Crippen molar-refractivity contribution in [2.24, 2.45) is 17.0 Å². The molecule has 0 amide bonds. The summed E-state index contributed by atoms with van der Waals surface area (Å²) in [6.07, 6.45) is 0.538. The highest BCUT2D eigenvalue weighted by Crippen LogP contribution is 2.27. The molecule has 4 heteroatoms. The first-order valence-corrected chi connectivity index (χ1v) is 3.89. The van der Waals surface area contributed by atoms with Crippen molar-refractivity contribution in [3.63, 3.8) is 0 Å². The van der Waals surface area contributed by atoms with Crippen LogP contribution in [-0.4, -0.2) is 11.5 Å². The molecule has 0 saturated heterocycles. The van der Waals surface area contributed by atoms with Gasteiger partial charge < -0.3 is 10.6 Å². The first kappa shape index (κ1) is 11.4. The van der Waals surface area contributed by atoms with Gasteiger partial charge in [0.2, 0.25) is 0 Å². The molecule has 0 spiro atoms. The van der Waals surface area contributed by atoms with E-state index in [9.17, 15) is 4.79 Å². The molecule has 0 aromatic carbocycles. The summed E-state index contributed by atoms with van der Waals surface area (Å²) in [4.78, 5) is 15.3. The predicted octanol–water partition coefficient (Wildman–Crippen LogP) is 0.557. The van der Waals surface area contributed by atoms with Gasteiger partial charge in [-0.1, -0.05) is 0 Å². The van der Waals surface area contributed by atoms with Crippen molar-refractivity contribution in [1.82, 2.24) is 0 Å². The summed E-state index contributed by atoms with van der Waals surface area (Å²) in [5.41, 5.74) is 4.76. The highest BCUT2D eigenvalue weighted by Gasteiger charge is 2.34. The average Bonchev–Trinajstić information content (AvgIpc) is 1.80. The summed E-state index contributed by atoms with van der Waals surface area (Å²) in [6.45, 7) is 7.24. The van der Waals surface area contributed by atoms with Crippen LogP contribution < -0.4 is 11.6 Å². The van der Waals surface area contributed by atoms with Gasteiger partial charge in [-0.05, 0) is 34.1 Å². The maximum absolute atomic E-state index is 11.1. The van der Waals surface area contributed by atoms with E-state index < -0.39 is 16.9 Å². The molecule has 72 valence electrons. The molecule has 4 nitrogen and oxygen atoms in total. The molecule has 0 heterocycles. The molecule has 0 rings (SSSR count). The smallest absolute Gasteiger partial charge is 0.330 e. The molecule has 0 aromatic rings. The van der Waals surface area contributed by atoms with Crippen molar-refractivity contribution in [3.05, 3.63) is 0 Å². The Bertz CT molecular complexity index is 170. The summed E-state index contributed by atoms with van der Waals surface area (Å²) in [7, 11) is 0. The van der Waals surface area contributed by atoms with Crippen LogP contribution in [0.15, 0.2) is 0 Å². The lowest BCUT2D eigenvalue weighted by molar-refractivity contribution is -0.155. The van der Waals surface area contributed by atoms with Gasteiger partial charge in [0.1, 0.15) is 0 Å². The minimum absolute atomic E-state index is 0.391. The van der Waals surface area contributed by atoms with E-state index in [1.807, 2.05) is 13.8 Å². The zero-order valence-corrected chi connectivity index (χ0v) is 8.18. The Balaban J connectivity index is 4.32. The lowest BCUT2D eigenvalue weighted by Crippen LogP contribution is -2.41. The fourth-order valence-corrected chi connectivity index (χ4v) is 1.37. The lowest BCUT2D eigenvalue weighted by Gasteiger charge is -2.29. The highest BCUT2D eigenvalue weighted by atomic mass is 16.7. The van der Waals surface area contributed by atoms with Crippen LogP contribution in [0.2, 0.25) is 0 Å². The Labute approximate surface area is 73.2 Å². The van der Waals surface area contributed by atoms with Crippen molar-refractivity contribution in [1.29, 1.82) is 0 Å². The van der Waals surface area contributed by atoms with Crippen LogP contribution in [-0.2, 0) is 9.63 Å². The lowest BCUT2D eigenvalue weighted by atomic mass is 9.81. The summed E-state index contributed by atoms with van der Waals surface area (Å²) in [5.74, 6) is 4.36. The van der Waals surface area contributed by atoms with Gasteiger partial charge in [0, 0.05) is 5.54 Å². The van der Waals surface area contributed by atoms with Gasteiger partial charge in [0.15, 0.2) is 0 Å². The Morgan fingerprint density at radius 2 is 1.75 bits per heavy atom. The van der Waals surface area contributed by atoms with Gasteiger partial charge in [-0.2, -0.15) is 5.90 Å². The fourth-order valence-electron chi connectivity index (χ4n) is 1.37. The molecule has 0 saturated carbocycles. The van der Waals surface area contributed by atoms with E-state index in [1.54, 1.807) is 13.8 Å². The van der Waals surface area contributed by atoms with E-state index in [1.165, 1.54) is 0 Å². The second kappa shape index (κ2) is 3.41. The number of carbonyl (C=O) groups excluding carboxylic acids is 1. The Morgan fingerprint density at radius 3 is 2.00 bits per heavy atom. The summed E-state index contributed by atoms with van der Waals surface area (Å²) >= 11 is 0. The number of rotatable bonds is 3. The molecule has 0 aliphatic heterocycles. The van der Waals surface area contributed by atoms with Gasteiger partial charge in [-0.15, -0.1) is 0 Å². The third-order valence-electron chi connectivity index (χ3n) is 1.56. The topological polar surface area (TPSA) is 78.3 Å². The monoisotopic (exact) mass is 174 g/mol. The molecule has 0 aliphatic carbocycles. The SMILES string of the molecule is CC(C)(N)CC(C)(C)C(=O)ON. The van der Waals surface area contributed by atoms with E-state index in [0.717, 1.165) is 0 Å². The Hall–Kier alpha value is -0.610. The fraction of sp³-hybridized carbons (Fsp3) is 0.875. The molecule has 12 heavy (non-hydrogen) atoms. The van der Waals surface area contributed by atoms with Crippen LogP contribution in [0.4, 0.5) is 0 Å². The van der Waals surface area contributed by atoms with Crippen LogP contribution in [0.5, 0.6) is 0 Å². The normalized spacial score (nSPS) is 12.8. The van der Waals surface area contributed by atoms with Gasteiger partial charge in [0.05, 0.1) is 5.41 Å². The van der Waals surface area contributed by atoms with E-state index in [2.05, 4.69) is 4.84 Å². The van der Waals surface area contributed by atoms with Crippen LogP contribution in [0.3, 0.4) is 0 Å². The van der Waals surface area contributed by atoms with E-state index in [-0.39, 0.29) is 0 Å². The van der Waals surface area contributed by atoms with Crippen molar-refractivity contribution >= 4 is 5.97 Å². The number of carbonyl (C=O) groups is 1. The van der Waals surface area contributed by atoms with Crippen molar-refractivity contribution < 1.29 is 9.63 Å². The van der Waals surface area contributed by atoms with Crippen LogP contribution >= 0.6 is 0 Å². The zero-order chi connectivity index (χ0) is 9.99. The molecule has 4 N–H and O–H groups in total. The number of hydrogen-bond acceptors (Lipinski definition) is 4. The summed E-state index contributed by atoms with van der Waals surface area (Å²) in [5, 5.41) is 0. The maximum atomic E-state index is 11.1. The van der Waals surface area contributed by atoms with Gasteiger partial charge >= 0.3 is 5.97 Å². The van der Waals surface area contributed by atoms with E-state index in [0.29, 0.717) is 6.42 Å². The van der Waals surface area contributed by atoms with Crippen molar-refractivity contribution in [2.75, 3.05) is 0 Å². The van der Waals surface area contributed by atoms with E-state index in [4.69, 9.17) is 11.6 Å². The Kier molecular flexibility index (Phi) is 3.24. The maximum Gasteiger partial charge on any atom is 0.330 e. The molecule has 0 fully saturated rings. The minimum atomic E-state index is -0.618. The molecule has 0 aliphatic rings. The first-order valence-electron chi connectivity index (χ1n) is 3.89. The molecule has 0 bridgehead atoms. The first-order chi connectivity index (χ1) is 5.19. The predicted molar refractivity (Wildman–Crippen MR) is 46.9 cm³/mol. The molecular formula is C8H18N2O2. The quantitative estimate of drug-likeness (QED) is 0.613. The summed E-state index contributed by atoms with van der Waals surface area (Å²) in [6, 6.07) is 0. The standard InChI is InChI=1S/C8H18N2O2/c1-7(2,6(11)12-10)5-8(3,4)9/h5,9-10H2,1-4H3. The van der Waals surface area contributed by atoms with Crippen LogP contribution in [0.1, 0.15) is 34.1 Å². The minimum Gasteiger partial charge on any atom is -0.373 e. The number of hydrogen-bond donors (Lipinski definition) is 2. The Morgan fingerprint density at radius 1 is 1.33 bits per heavy atom. The molecular weight excluding hydrogens is 156 g/mol. The third-order valence-corrected chi connectivity index (χ3v) is 1.56. The highest BCUT2D eigenvalue weighted by molar-refractivity contribution is 5.75. The van der Waals surface area contributed by atoms with Crippen LogP contribution in [0, 0.1) is 5.41 Å². The number of nitrogens with two attached hydrogens (primary N) is 2. The average molecular weight is 174 g/mol. The van der Waals surface area contributed by atoms with E-state index >= 15 is 0 Å². The van der Waals surface area contributed by atoms with Gasteiger partial charge in [-0.3, -0.25) is 0 Å². The van der Waals surface area contributed by atoms with Crippen molar-refractivity contribution in [3.8, 4) is 0 Å². The molecule has 0 aromatic heterocycles. The second-order valence-corrected chi connectivity index (χ2v) is 4.45. The largest absolute Gasteiger partial charge is 0.373 e. The second-order valence-electron chi connectivity index (χ2n) is 4.45. The molecule has 0 radical (unpaired) electrons.